The van der Waals surface area contributed by atoms with Gasteiger partial charge in [-0.2, -0.15) is 5.10 Å². The molecular formula is C26H29N5O4. The average molecular weight is 476 g/mol. The third-order valence-corrected chi connectivity index (χ3v) is 7.46. The maximum Gasteiger partial charge on any atom is 0.311 e. The smallest absolute Gasteiger partial charge is 0.311 e. The zero-order chi connectivity index (χ0) is 24.7. The number of fused-ring (bicyclic) bond motifs is 1. The molecule has 9 heteroatoms. The van der Waals surface area contributed by atoms with Crippen LogP contribution in [0.2, 0.25) is 0 Å². The Labute approximate surface area is 203 Å². The summed E-state index contributed by atoms with van der Waals surface area (Å²) in [6.07, 6.45) is 5.60. The van der Waals surface area contributed by atoms with E-state index >= 15 is 0 Å². The van der Waals surface area contributed by atoms with Crippen LogP contribution in [0.5, 0.6) is 0 Å². The Bertz CT molecular complexity index is 1270. The lowest BCUT2D eigenvalue weighted by molar-refractivity contribution is -0.154. The van der Waals surface area contributed by atoms with Crippen LogP contribution in [0.1, 0.15) is 45.1 Å². The van der Waals surface area contributed by atoms with Crippen LogP contribution in [-0.2, 0) is 9.59 Å². The van der Waals surface area contributed by atoms with Crippen molar-refractivity contribution in [1.29, 1.82) is 0 Å². The van der Waals surface area contributed by atoms with Gasteiger partial charge in [0.15, 0.2) is 11.6 Å². The first kappa shape index (κ1) is 23.2. The number of carboxylic acid groups (broad SMARTS) is 1. The van der Waals surface area contributed by atoms with Crippen molar-refractivity contribution in [2.75, 3.05) is 13.2 Å². The number of aromatic nitrogens is 2. The molecule has 2 aromatic rings. The van der Waals surface area contributed by atoms with Crippen LogP contribution in [0.25, 0.3) is 11.3 Å². The van der Waals surface area contributed by atoms with Crippen LogP contribution < -0.4 is 5.43 Å². The summed E-state index contributed by atoms with van der Waals surface area (Å²) in [6.45, 7) is 3.62. The molecule has 1 aromatic heterocycles. The zero-order valence-corrected chi connectivity index (χ0v) is 19.9. The van der Waals surface area contributed by atoms with Gasteiger partial charge in [0, 0.05) is 35.5 Å². The van der Waals surface area contributed by atoms with Crippen molar-refractivity contribution in [3.8, 4) is 5.69 Å². The van der Waals surface area contributed by atoms with Crippen molar-refractivity contribution in [3.05, 3.63) is 65.4 Å². The number of nitrogens with one attached hydrogen (secondary N) is 1. The monoisotopic (exact) mass is 475 g/mol. The van der Waals surface area contributed by atoms with Gasteiger partial charge in [-0.25, -0.2) is 15.1 Å². The Kier molecular flexibility index (Phi) is 5.90. The van der Waals surface area contributed by atoms with Gasteiger partial charge in [-0.05, 0) is 51.7 Å². The molecule has 3 N–H and O–H groups in total. The quantitative estimate of drug-likeness (QED) is 0.588. The second kappa shape index (κ2) is 8.90. The number of nitrogens with zero attached hydrogens (tertiary/aromatic N) is 4. The number of hydrazine groups is 1. The van der Waals surface area contributed by atoms with E-state index in [4.69, 9.17) is 4.99 Å². The van der Waals surface area contributed by atoms with Gasteiger partial charge >= 0.3 is 5.97 Å². The fourth-order valence-electron chi connectivity index (χ4n) is 5.35. The second-order valence-corrected chi connectivity index (χ2v) is 9.51. The van der Waals surface area contributed by atoms with E-state index in [0.717, 1.165) is 34.1 Å². The molecule has 5 rings (SSSR count). The molecule has 35 heavy (non-hydrogen) atoms. The second-order valence-electron chi connectivity index (χ2n) is 9.51. The van der Waals surface area contributed by atoms with E-state index in [1.165, 1.54) is 0 Å². The number of aliphatic hydroxyl groups is 1. The number of carbonyl (C=O) groups excluding carboxylic acids is 1. The number of hydrogen-bond donors (Lipinski definition) is 3. The van der Waals surface area contributed by atoms with Crippen LogP contribution in [0.3, 0.4) is 0 Å². The van der Waals surface area contributed by atoms with Gasteiger partial charge in [0.2, 0.25) is 0 Å². The van der Waals surface area contributed by atoms with E-state index in [2.05, 4.69) is 10.5 Å². The Morgan fingerprint density at radius 2 is 1.91 bits per heavy atom. The van der Waals surface area contributed by atoms with E-state index in [9.17, 15) is 19.8 Å². The van der Waals surface area contributed by atoms with Crippen LogP contribution in [0.4, 0.5) is 0 Å². The fourth-order valence-corrected chi connectivity index (χ4v) is 5.35. The van der Waals surface area contributed by atoms with Gasteiger partial charge < -0.3 is 10.2 Å². The molecule has 3 heterocycles. The molecule has 0 bridgehead atoms. The summed E-state index contributed by atoms with van der Waals surface area (Å²) < 4.78 is 1.82. The first-order valence-electron chi connectivity index (χ1n) is 11.9. The molecule has 182 valence electrons. The van der Waals surface area contributed by atoms with E-state index in [1.807, 2.05) is 59.3 Å². The highest BCUT2D eigenvalue weighted by Gasteiger charge is 2.44. The number of Topliss-reactive ketones (excluding diaryl/α,β-unsaturated/α-hetero) is 1. The van der Waals surface area contributed by atoms with Gasteiger partial charge in [-0.3, -0.25) is 14.6 Å². The largest absolute Gasteiger partial charge is 0.481 e. The summed E-state index contributed by atoms with van der Waals surface area (Å²) in [5, 5.41) is 25.8. The minimum absolute atomic E-state index is 0.0496. The molecule has 0 spiro atoms. The summed E-state index contributed by atoms with van der Waals surface area (Å²) in [6, 6.07) is 9.87. The molecule has 0 amide bonds. The standard InChI is InChI=1S/C26H29N5O4/c1-16-22(17(2)33)23(18-8-10-26(15-32,11-9-18)25(34)35)29-24-21(13-28-31(16)24)19-12-27-30(14-19)20-6-4-3-5-7-20/h3-7,12,14,18,28,32H,8-11,13,15H2,1-2H3,(H,34,35). The number of carboxylic acids is 1. The van der Waals surface area contributed by atoms with Crippen LogP contribution >= 0.6 is 0 Å². The summed E-state index contributed by atoms with van der Waals surface area (Å²) >= 11 is 0. The number of aliphatic carboxylic acids is 1. The molecular weight excluding hydrogens is 446 g/mol. The van der Waals surface area contributed by atoms with Crippen molar-refractivity contribution < 1.29 is 19.8 Å². The molecule has 1 saturated carbocycles. The summed E-state index contributed by atoms with van der Waals surface area (Å²) in [4.78, 5) is 29.5. The third-order valence-electron chi connectivity index (χ3n) is 7.46. The third kappa shape index (κ3) is 3.90. The number of ketones is 1. The van der Waals surface area contributed by atoms with Crippen LogP contribution in [0.15, 0.2) is 64.8 Å². The molecule has 2 aliphatic heterocycles. The van der Waals surface area contributed by atoms with Crippen molar-refractivity contribution in [2.24, 2.45) is 16.3 Å². The number of allylic oxidation sites excluding steroid dienone is 2. The molecule has 1 fully saturated rings. The summed E-state index contributed by atoms with van der Waals surface area (Å²) in [7, 11) is 0. The minimum Gasteiger partial charge on any atom is -0.481 e. The SMILES string of the molecule is CC(=O)C1=C(C)N2NCC(c3cnn(-c4ccccc4)c3)=C2N=C1C1CCC(CO)(C(=O)O)CC1. The Hall–Kier alpha value is -3.56. The summed E-state index contributed by atoms with van der Waals surface area (Å²) in [5.41, 5.74) is 7.21. The average Bonchev–Trinajstić information content (AvgIpc) is 3.51. The van der Waals surface area contributed by atoms with Crippen molar-refractivity contribution >= 4 is 23.0 Å². The Balaban J connectivity index is 1.52. The lowest BCUT2D eigenvalue weighted by Crippen LogP contribution is -2.42. The van der Waals surface area contributed by atoms with Gasteiger partial charge in [0.05, 0.1) is 35.2 Å². The van der Waals surface area contributed by atoms with Gasteiger partial charge in [0.1, 0.15) is 0 Å². The molecule has 1 aromatic carbocycles. The normalized spacial score (nSPS) is 24.5. The number of aliphatic imine (C=N–C) groups is 1. The highest BCUT2D eigenvalue weighted by atomic mass is 16.4. The first-order valence-corrected chi connectivity index (χ1v) is 11.9. The van der Waals surface area contributed by atoms with E-state index < -0.39 is 11.4 Å². The molecule has 3 aliphatic rings. The van der Waals surface area contributed by atoms with Gasteiger partial charge in [-0.1, -0.05) is 18.2 Å². The Morgan fingerprint density at radius 3 is 2.54 bits per heavy atom. The van der Waals surface area contributed by atoms with Crippen molar-refractivity contribution in [1.82, 2.24) is 20.2 Å². The topological polar surface area (TPSA) is 120 Å². The molecule has 9 nitrogen and oxygen atoms in total. The number of para-hydroxylation sites is 1. The number of carbonyl (C=O) groups is 2. The van der Waals surface area contributed by atoms with Crippen LogP contribution in [0, 0.1) is 11.3 Å². The van der Waals surface area contributed by atoms with Gasteiger partial charge in [-0.15, -0.1) is 0 Å². The lowest BCUT2D eigenvalue weighted by atomic mass is 9.68. The summed E-state index contributed by atoms with van der Waals surface area (Å²) in [5.74, 6) is -0.336. The number of rotatable bonds is 6. The Morgan fingerprint density at radius 1 is 1.20 bits per heavy atom. The van der Waals surface area contributed by atoms with E-state index in [1.54, 1.807) is 6.92 Å². The first-order chi connectivity index (χ1) is 16.8. The van der Waals surface area contributed by atoms with E-state index in [-0.39, 0.29) is 18.3 Å². The molecule has 0 saturated heterocycles. The number of benzene rings is 1. The molecule has 0 radical (unpaired) electrons. The van der Waals surface area contributed by atoms with E-state index in [0.29, 0.717) is 37.8 Å². The fraction of sp³-hybridized carbons (Fsp3) is 0.385. The maximum atomic E-state index is 12.7. The minimum atomic E-state index is -1.11. The van der Waals surface area contributed by atoms with Crippen molar-refractivity contribution in [2.45, 2.75) is 39.5 Å². The number of aliphatic hydroxyl groups excluding tert-OH is 1. The predicted molar refractivity (Wildman–Crippen MR) is 130 cm³/mol. The van der Waals surface area contributed by atoms with Crippen molar-refractivity contribution in [3.63, 3.8) is 0 Å². The van der Waals surface area contributed by atoms with Gasteiger partial charge in [0.25, 0.3) is 0 Å². The highest BCUT2D eigenvalue weighted by Crippen LogP contribution is 2.43. The lowest BCUT2D eigenvalue weighted by Gasteiger charge is -2.38. The molecule has 0 unspecified atom stereocenters. The highest BCUT2D eigenvalue weighted by molar-refractivity contribution is 6.23. The zero-order valence-electron chi connectivity index (χ0n) is 19.9. The molecule has 1 aliphatic carbocycles. The maximum absolute atomic E-state index is 12.7. The number of hydrogen-bond acceptors (Lipinski definition) is 7. The van der Waals surface area contributed by atoms with Crippen LogP contribution in [-0.4, -0.2) is 55.6 Å². The predicted octanol–water partition coefficient (Wildman–Crippen LogP) is 2.93. The molecule has 0 atom stereocenters.